The number of guanidine groups is 1. The number of rotatable bonds is 5. The van der Waals surface area contributed by atoms with Gasteiger partial charge in [-0.3, -0.25) is 14.9 Å². The number of hydrogen-bond donors (Lipinski definition) is 2. The second-order valence-corrected chi connectivity index (χ2v) is 7.93. The molecule has 2 atom stereocenters. The third-order valence-electron chi connectivity index (χ3n) is 5.84. The van der Waals surface area contributed by atoms with Crippen LogP contribution < -0.4 is 10.2 Å². The third kappa shape index (κ3) is 4.94. The molecular weight excluding hydrogens is 392 g/mol. The number of nitrogens with zero attached hydrogens (tertiary/aromatic N) is 2. The molecule has 7 heteroatoms. The molecule has 4 rings (SSSR count). The topological polar surface area (TPSA) is 75.4 Å². The van der Waals surface area contributed by atoms with Crippen LogP contribution in [0.25, 0.3) is 0 Å². The van der Waals surface area contributed by atoms with Gasteiger partial charge in [0.25, 0.3) is 0 Å². The highest BCUT2D eigenvalue weighted by Crippen LogP contribution is 2.30. The largest absolute Gasteiger partial charge is 0.465 e. The molecule has 2 N–H and O–H groups in total. The Hall–Kier alpha value is -3.19. The quantitative estimate of drug-likeness (QED) is 0.553. The van der Waals surface area contributed by atoms with Crippen LogP contribution in [0.3, 0.4) is 0 Å². The zero-order valence-electron chi connectivity index (χ0n) is 17.8. The van der Waals surface area contributed by atoms with E-state index in [1.54, 1.807) is 6.92 Å². The predicted octanol–water partition coefficient (Wildman–Crippen LogP) is 0.794. The highest BCUT2D eigenvalue weighted by Gasteiger charge is 2.42. The van der Waals surface area contributed by atoms with Gasteiger partial charge in [-0.25, -0.2) is 4.99 Å². The third-order valence-corrected chi connectivity index (χ3v) is 5.84. The van der Waals surface area contributed by atoms with Crippen LogP contribution in [0.4, 0.5) is 0 Å². The minimum Gasteiger partial charge on any atom is -0.465 e. The number of carbonyl (C=O) groups is 2. The molecule has 2 heterocycles. The molecule has 1 amide bonds. The van der Waals surface area contributed by atoms with Gasteiger partial charge in [-0.05, 0) is 12.5 Å². The number of carbonyl (C=O) groups excluding carboxylic acids is 2. The van der Waals surface area contributed by atoms with E-state index in [2.05, 4.69) is 34.5 Å². The number of aliphatic imine (C=N–C) groups is 1. The van der Waals surface area contributed by atoms with Crippen LogP contribution in [-0.4, -0.2) is 55.5 Å². The molecule has 31 heavy (non-hydrogen) atoms. The van der Waals surface area contributed by atoms with E-state index in [-0.39, 0.29) is 12.5 Å². The van der Waals surface area contributed by atoms with Crippen molar-refractivity contribution in [2.45, 2.75) is 19.5 Å². The van der Waals surface area contributed by atoms with Gasteiger partial charge in [0.2, 0.25) is 11.9 Å². The molecule has 0 spiro atoms. The van der Waals surface area contributed by atoms with Crippen LogP contribution in [0.5, 0.6) is 0 Å². The van der Waals surface area contributed by atoms with Crippen molar-refractivity contribution >= 4 is 17.8 Å². The zero-order chi connectivity index (χ0) is 21.6. The van der Waals surface area contributed by atoms with Crippen LogP contribution in [0.2, 0.25) is 0 Å². The Balaban J connectivity index is 1.49. The minimum absolute atomic E-state index is 0.229. The monoisotopic (exact) mass is 421 g/mol. The summed E-state index contributed by atoms with van der Waals surface area (Å²) in [6.45, 7) is 6.47. The van der Waals surface area contributed by atoms with Gasteiger partial charge >= 0.3 is 5.97 Å². The van der Waals surface area contributed by atoms with E-state index in [0.29, 0.717) is 5.96 Å². The van der Waals surface area contributed by atoms with E-state index in [1.165, 1.54) is 10.5 Å². The fraction of sp³-hybridized carbons (Fsp3) is 0.375. The Labute approximate surface area is 182 Å². The summed E-state index contributed by atoms with van der Waals surface area (Å²) in [6, 6.07) is 19.4. The van der Waals surface area contributed by atoms with Crippen molar-refractivity contribution in [3.63, 3.8) is 0 Å². The molecule has 1 fully saturated rings. The molecule has 0 unspecified atom stereocenters. The summed E-state index contributed by atoms with van der Waals surface area (Å²) in [5, 5.41) is 2.87. The smallest absolute Gasteiger partial charge is 0.321 e. The number of amides is 1. The maximum Gasteiger partial charge on any atom is 0.321 e. The van der Waals surface area contributed by atoms with E-state index in [0.717, 1.165) is 38.3 Å². The molecule has 2 aromatic rings. The Morgan fingerprint density at radius 1 is 1.10 bits per heavy atom. The summed E-state index contributed by atoms with van der Waals surface area (Å²) >= 11 is 0. The molecule has 7 nitrogen and oxygen atoms in total. The Bertz CT molecular complexity index is 924. The van der Waals surface area contributed by atoms with Crippen molar-refractivity contribution in [3.8, 4) is 0 Å². The Morgan fingerprint density at radius 3 is 2.39 bits per heavy atom. The number of hydrogen-bond acceptors (Lipinski definition) is 5. The number of nitrogens with one attached hydrogen (secondary N) is 2. The van der Waals surface area contributed by atoms with E-state index < -0.39 is 17.9 Å². The SMILES string of the molecule is CCOC(=O)[C@H]1C(=O)NC(N2CC[NH+](Cc3ccccc3)CC2)=N[C@H]1c1ccccc1. The fourth-order valence-corrected chi connectivity index (χ4v) is 4.21. The van der Waals surface area contributed by atoms with Crippen LogP contribution in [0, 0.1) is 5.92 Å². The summed E-state index contributed by atoms with van der Waals surface area (Å²) in [4.78, 5) is 33.9. The standard InChI is InChI=1S/C24H28N4O3/c1-2-31-23(30)20-21(19-11-7-4-8-12-19)25-24(26-22(20)29)28-15-13-27(14-16-28)17-18-9-5-3-6-10-18/h3-12,20-21H,2,13-17H2,1H3,(H,25,26,29)/p+1/t20-,21+/m1/s1. The van der Waals surface area contributed by atoms with Gasteiger partial charge in [0.1, 0.15) is 12.6 Å². The lowest BCUT2D eigenvalue weighted by molar-refractivity contribution is -0.917. The van der Waals surface area contributed by atoms with Gasteiger partial charge in [0, 0.05) is 5.56 Å². The zero-order valence-corrected chi connectivity index (χ0v) is 17.8. The molecule has 1 saturated heterocycles. The lowest BCUT2D eigenvalue weighted by Gasteiger charge is -2.37. The lowest BCUT2D eigenvalue weighted by atomic mass is 9.91. The van der Waals surface area contributed by atoms with E-state index >= 15 is 0 Å². The molecule has 0 radical (unpaired) electrons. The van der Waals surface area contributed by atoms with Gasteiger partial charge in [-0.1, -0.05) is 60.7 Å². The van der Waals surface area contributed by atoms with E-state index in [1.807, 2.05) is 36.4 Å². The van der Waals surface area contributed by atoms with E-state index in [9.17, 15) is 9.59 Å². The summed E-state index contributed by atoms with van der Waals surface area (Å²) in [7, 11) is 0. The molecule has 0 bridgehead atoms. The number of benzene rings is 2. The van der Waals surface area contributed by atoms with Gasteiger partial charge in [-0.2, -0.15) is 0 Å². The van der Waals surface area contributed by atoms with Gasteiger partial charge in [0.05, 0.1) is 32.8 Å². The average molecular weight is 422 g/mol. The number of esters is 1. The van der Waals surface area contributed by atoms with Crippen LogP contribution in [-0.2, 0) is 20.9 Å². The Kier molecular flexibility index (Phi) is 6.62. The molecule has 2 aromatic carbocycles. The van der Waals surface area contributed by atoms with Crippen molar-refractivity contribution in [1.29, 1.82) is 0 Å². The second-order valence-electron chi connectivity index (χ2n) is 7.93. The summed E-state index contributed by atoms with van der Waals surface area (Å²) < 4.78 is 5.17. The Morgan fingerprint density at radius 2 is 1.74 bits per heavy atom. The van der Waals surface area contributed by atoms with Gasteiger partial charge in [-0.15, -0.1) is 0 Å². The van der Waals surface area contributed by atoms with Crippen molar-refractivity contribution in [2.24, 2.45) is 10.9 Å². The molecule has 2 aliphatic heterocycles. The van der Waals surface area contributed by atoms with Crippen molar-refractivity contribution < 1.29 is 19.2 Å². The van der Waals surface area contributed by atoms with E-state index in [4.69, 9.17) is 9.73 Å². The molecule has 2 aliphatic rings. The summed E-state index contributed by atoms with van der Waals surface area (Å²) in [5.74, 6) is -1.31. The number of ether oxygens (including phenoxy) is 1. The van der Waals surface area contributed by atoms with Crippen LogP contribution in [0.1, 0.15) is 24.1 Å². The van der Waals surface area contributed by atoms with Crippen LogP contribution in [0.15, 0.2) is 65.7 Å². The lowest BCUT2D eigenvalue weighted by Crippen LogP contribution is -3.13. The molecule has 162 valence electrons. The minimum atomic E-state index is -0.976. The first-order valence-electron chi connectivity index (χ1n) is 10.9. The number of quaternary nitrogens is 1. The molecular formula is C24H29N4O3+. The van der Waals surface area contributed by atoms with Gasteiger partial charge in [0.15, 0.2) is 5.92 Å². The maximum atomic E-state index is 12.9. The average Bonchev–Trinajstić information content (AvgIpc) is 2.80. The molecule has 0 saturated carbocycles. The van der Waals surface area contributed by atoms with Crippen LogP contribution >= 0.6 is 0 Å². The molecule has 0 aromatic heterocycles. The normalized spacial score (nSPS) is 21.9. The first-order valence-corrected chi connectivity index (χ1v) is 10.9. The molecule has 0 aliphatic carbocycles. The fourth-order valence-electron chi connectivity index (χ4n) is 4.21. The predicted molar refractivity (Wildman–Crippen MR) is 117 cm³/mol. The van der Waals surface area contributed by atoms with Crippen molar-refractivity contribution in [2.75, 3.05) is 32.8 Å². The number of piperazine rings is 1. The highest BCUT2D eigenvalue weighted by molar-refractivity contribution is 6.08. The maximum absolute atomic E-state index is 12.9. The van der Waals surface area contributed by atoms with Gasteiger partial charge < -0.3 is 14.5 Å². The second kappa shape index (κ2) is 9.75. The first-order chi connectivity index (χ1) is 15.2. The first kappa shape index (κ1) is 21.1. The highest BCUT2D eigenvalue weighted by atomic mass is 16.5. The summed E-state index contributed by atoms with van der Waals surface area (Å²) in [6.07, 6.45) is 0. The summed E-state index contributed by atoms with van der Waals surface area (Å²) in [5.41, 5.74) is 2.16. The van der Waals surface area contributed by atoms with Crippen molar-refractivity contribution in [1.82, 2.24) is 10.2 Å². The van der Waals surface area contributed by atoms with Crippen molar-refractivity contribution in [3.05, 3.63) is 71.8 Å².